The van der Waals surface area contributed by atoms with Crippen LogP contribution in [0.15, 0.2) is 18.2 Å². The van der Waals surface area contributed by atoms with Gasteiger partial charge in [0, 0.05) is 18.2 Å². The molecular weight excluding hydrogens is 402 g/mol. The predicted molar refractivity (Wildman–Crippen MR) is 108 cm³/mol. The van der Waals surface area contributed by atoms with Crippen molar-refractivity contribution in [3.05, 3.63) is 29.0 Å². The van der Waals surface area contributed by atoms with Gasteiger partial charge >= 0.3 is 0 Å². The minimum Gasteiger partial charge on any atom is -0.384 e. The summed E-state index contributed by atoms with van der Waals surface area (Å²) in [6.45, 7) is 3.90. The molecule has 0 saturated carbocycles. The summed E-state index contributed by atoms with van der Waals surface area (Å²) in [6, 6.07) is 5.19. The topological polar surface area (TPSA) is 111 Å². The number of nitrogens with zero attached hydrogens (tertiary/aromatic N) is 4. The van der Waals surface area contributed by atoms with Gasteiger partial charge in [0.2, 0.25) is 0 Å². The second kappa shape index (κ2) is 7.46. The highest BCUT2D eigenvalue weighted by Gasteiger charge is 2.35. The van der Waals surface area contributed by atoms with Crippen molar-refractivity contribution in [3.63, 3.8) is 0 Å². The highest BCUT2D eigenvalue weighted by atomic mass is 35.5. The third-order valence-corrected chi connectivity index (χ3v) is 7.52. The van der Waals surface area contributed by atoms with Crippen molar-refractivity contribution in [1.29, 1.82) is 0 Å². The van der Waals surface area contributed by atoms with E-state index in [-0.39, 0.29) is 22.8 Å². The zero-order valence-corrected chi connectivity index (χ0v) is 17.1. The predicted octanol–water partition coefficient (Wildman–Crippen LogP) is 2.25. The second-order valence-corrected chi connectivity index (χ2v) is 9.88. The fourth-order valence-electron chi connectivity index (χ4n) is 3.73. The lowest BCUT2D eigenvalue weighted by molar-refractivity contribution is 0.0985. The van der Waals surface area contributed by atoms with Crippen LogP contribution in [-0.2, 0) is 14.6 Å². The second-order valence-electron chi connectivity index (χ2n) is 7.19. The fraction of sp³-hybridized carbons (Fsp3) is 0.500. The minimum absolute atomic E-state index is 0.121. The standard InChI is InChI=1S/C18H22ClN5O3S/c1-11-10-27-5-4-24(11)17-9-13(14-3-2-6-28(14,25)26)21-18(23-17)12-7-15(19)22-16(20)8-12/h7-9,11,14H,2-6,10H2,1H3,(H2,20,22)/t11-,14?/m1/s1. The van der Waals surface area contributed by atoms with Crippen molar-refractivity contribution in [2.75, 3.05) is 36.1 Å². The Morgan fingerprint density at radius 3 is 2.75 bits per heavy atom. The molecule has 2 aromatic rings. The van der Waals surface area contributed by atoms with Crippen molar-refractivity contribution < 1.29 is 13.2 Å². The summed E-state index contributed by atoms with van der Waals surface area (Å²) in [7, 11) is -3.21. The highest BCUT2D eigenvalue weighted by Crippen LogP contribution is 2.36. The first kappa shape index (κ1) is 19.4. The summed E-state index contributed by atoms with van der Waals surface area (Å²) in [4.78, 5) is 15.4. The van der Waals surface area contributed by atoms with Crippen molar-refractivity contribution in [2.45, 2.75) is 31.1 Å². The molecule has 2 aliphatic rings. The van der Waals surface area contributed by atoms with Gasteiger partial charge in [0.05, 0.1) is 30.7 Å². The maximum Gasteiger partial charge on any atom is 0.162 e. The zero-order valence-electron chi connectivity index (χ0n) is 15.5. The molecule has 150 valence electrons. The molecule has 0 spiro atoms. The molecule has 8 nitrogen and oxygen atoms in total. The van der Waals surface area contributed by atoms with Crippen LogP contribution in [0.3, 0.4) is 0 Å². The number of hydrogen-bond donors (Lipinski definition) is 1. The number of hydrogen-bond acceptors (Lipinski definition) is 8. The normalized spacial score (nSPS) is 24.4. The lowest BCUT2D eigenvalue weighted by Crippen LogP contribution is -2.44. The Morgan fingerprint density at radius 2 is 2.07 bits per heavy atom. The van der Waals surface area contributed by atoms with E-state index in [0.29, 0.717) is 55.5 Å². The van der Waals surface area contributed by atoms with E-state index in [1.165, 1.54) is 0 Å². The summed E-state index contributed by atoms with van der Waals surface area (Å²) in [5, 5.41) is -0.377. The SMILES string of the molecule is C[C@@H]1COCCN1c1cc(C2CCCS2(=O)=O)nc(-c2cc(N)nc(Cl)c2)n1. The number of aromatic nitrogens is 3. The molecule has 2 aromatic heterocycles. The van der Waals surface area contributed by atoms with Crippen LogP contribution >= 0.6 is 11.6 Å². The third kappa shape index (κ3) is 3.78. The molecule has 0 aromatic carbocycles. The van der Waals surface area contributed by atoms with Gasteiger partial charge in [0.1, 0.15) is 22.0 Å². The van der Waals surface area contributed by atoms with Crippen molar-refractivity contribution in [2.24, 2.45) is 0 Å². The van der Waals surface area contributed by atoms with Crippen molar-refractivity contribution >= 4 is 33.1 Å². The number of ether oxygens (including phenoxy) is 1. The maximum absolute atomic E-state index is 12.5. The van der Waals surface area contributed by atoms with Gasteiger partial charge in [-0.25, -0.2) is 23.4 Å². The van der Waals surface area contributed by atoms with Gasteiger partial charge in [-0.1, -0.05) is 11.6 Å². The van der Waals surface area contributed by atoms with Gasteiger partial charge in [0.25, 0.3) is 0 Å². The molecule has 2 aliphatic heterocycles. The Bertz CT molecular complexity index is 980. The molecule has 2 atom stereocenters. The molecule has 4 heterocycles. The lowest BCUT2D eigenvalue weighted by atomic mass is 10.1. The average molecular weight is 424 g/mol. The van der Waals surface area contributed by atoms with Gasteiger partial charge in [-0.3, -0.25) is 0 Å². The van der Waals surface area contributed by atoms with E-state index in [2.05, 4.69) is 14.9 Å². The molecule has 1 unspecified atom stereocenters. The van der Waals surface area contributed by atoms with Crippen LogP contribution in [0.5, 0.6) is 0 Å². The number of sulfone groups is 1. The highest BCUT2D eigenvalue weighted by molar-refractivity contribution is 7.91. The molecule has 2 saturated heterocycles. The Kier molecular flexibility index (Phi) is 5.15. The minimum atomic E-state index is -3.21. The first-order valence-electron chi connectivity index (χ1n) is 9.22. The van der Waals surface area contributed by atoms with Gasteiger partial charge in [-0.15, -0.1) is 0 Å². The Labute approximate surface area is 169 Å². The van der Waals surface area contributed by atoms with Gasteiger partial charge in [-0.2, -0.15) is 0 Å². The van der Waals surface area contributed by atoms with Crippen LogP contribution < -0.4 is 10.6 Å². The summed E-state index contributed by atoms with van der Waals surface area (Å²) >= 11 is 6.05. The molecule has 10 heteroatoms. The van der Waals surface area contributed by atoms with E-state index >= 15 is 0 Å². The first-order valence-corrected chi connectivity index (χ1v) is 11.3. The van der Waals surface area contributed by atoms with E-state index in [0.717, 1.165) is 0 Å². The van der Waals surface area contributed by atoms with Crippen LogP contribution in [0.2, 0.25) is 5.15 Å². The molecule has 0 radical (unpaired) electrons. The lowest BCUT2D eigenvalue weighted by Gasteiger charge is -2.34. The van der Waals surface area contributed by atoms with Crippen LogP contribution in [0.25, 0.3) is 11.4 Å². The monoisotopic (exact) mass is 423 g/mol. The van der Waals surface area contributed by atoms with Crippen molar-refractivity contribution in [1.82, 2.24) is 15.0 Å². The van der Waals surface area contributed by atoms with Gasteiger partial charge in [0.15, 0.2) is 15.7 Å². The number of morpholine rings is 1. The van der Waals surface area contributed by atoms with Gasteiger partial charge < -0.3 is 15.4 Å². The van der Waals surface area contributed by atoms with E-state index < -0.39 is 15.1 Å². The van der Waals surface area contributed by atoms with Crippen LogP contribution in [0.4, 0.5) is 11.6 Å². The number of rotatable bonds is 3. The van der Waals surface area contributed by atoms with E-state index in [1.54, 1.807) is 18.2 Å². The van der Waals surface area contributed by atoms with E-state index in [1.807, 2.05) is 6.92 Å². The number of nitrogen functional groups attached to an aromatic ring is 1. The number of pyridine rings is 1. The zero-order chi connectivity index (χ0) is 19.9. The smallest absolute Gasteiger partial charge is 0.162 e. The Morgan fingerprint density at radius 1 is 1.25 bits per heavy atom. The van der Waals surface area contributed by atoms with Crippen LogP contribution in [-0.4, -0.2) is 54.9 Å². The Balaban J connectivity index is 1.85. The quantitative estimate of drug-likeness (QED) is 0.748. The van der Waals surface area contributed by atoms with Crippen LogP contribution in [0, 0.1) is 0 Å². The summed E-state index contributed by atoms with van der Waals surface area (Å²) in [6.07, 6.45) is 1.21. The van der Waals surface area contributed by atoms with Crippen molar-refractivity contribution in [3.8, 4) is 11.4 Å². The maximum atomic E-state index is 12.5. The molecule has 28 heavy (non-hydrogen) atoms. The summed E-state index contributed by atoms with van der Waals surface area (Å²) in [5.41, 5.74) is 6.95. The molecule has 0 amide bonds. The van der Waals surface area contributed by atoms with E-state index in [9.17, 15) is 8.42 Å². The molecular formula is C18H22ClN5O3S. The largest absolute Gasteiger partial charge is 0.384 e. The number of halogens is 1. The average Bonchev–Trinajstić information content (AvgIpc) is 3.00. The van der Waals surface area contributed by atoms with Gasteiger partial charge in [-0.05, 0) is 31.9 Å². The fourth-order valence-corrected chi connectivity index (χ4v) is 5.81. The number of nitrogens with two attached hydrogens (primary N) is 1. The molecule has 0 aliphatic carbocycles. The summed E-state index contributed by atoms with van der Waals surface area (Å²) in [5.74, 6) is 1.52. The Hall–Kier alpha value is -1.97. The molecule has 2 fully saturated rings. The third-order valence-electron chi connectivity index (χ3n) is 5.12. The van der Waals surface area contributed by atoms with Crippen LogP contribution in [0.1, 0.15) is 30.7 Å². The molecule has 4 rings (SSSR count). The molecule has 0 bridgehead atoms. The molecule has 2 N–H and O–H groups in total. The summed E-state index contributed by atoms with van der Waals surface area (Å²) < 4.78 is 30.6. The first-order chi connectivity index (χ1) is 13.3. The number of anilines is 2. The van der Waals surface area contributed by atoms with E-state index in [4.69, 9.17) is 27.1 Å².